The van der Waals surface area contributed by atoms with Crippen molar-refractivity contribution in [2.24, 2.45) is 0 Å². The third kappa shape index (κ3) is 4.27. The van der Waals surface area contributed by atoms with Crippen molar-refractivity contribution < 1.29 is 28.9 Å². The van der Waals surface area contributed by atoms with Crippen LogP contribution in [-0.4, -0.2) is 75.1 Å². The molecule has 170 valence electrons. The summed E-state index contributed by atoms with van der Waals surface area (Å²) in [5, 5.41) is 11.1. The average Bonchev–Trinajstić information content (AvgIpc) is 3.06. The first-order valence-corrected chi connectivity index (χ1v) is 10.1. The second-order valence-corrected chi connectivity index (χ2v) is 7.62. The molecular formula is C24H28N2O6. The Kier molecular flexibility index (Phi) is 7.05. The number of aliphatic hydroxyl groups is 1. The molecule has 1 aliphatic rings. The van der Waals surface area contributed by atoms with Gasteiger partial charge in [-0.1, -0.05) is 30.3 Å². The zero-order chi connectivity index (χ0) is 23.4. The van der Waals surface area contributed by atoms with E-state index in [2.05, 4.69) is 0 Å². The van der Waals surface area contributed by atoms with E-state index in [-0.39, 0.29) is 11.3 Å². The van der Waals surface area contributed by atoms with Gasteiger partial charge in [-0.05, 0) is 31.8 Å². The molecule has 0 aromatic heterocycles. The van der Waals surface area contributed by atoms with E-state index in [9.17, 15) is 14.7 Å². The highest BCUT2D eigenvalue weighted by Crippen LogP contribution is 2.45. The molecule has 2 aromatic rings. The average molecular weight is 440 g/mol. The van der Waals surface area contributed by atoms with Gasteiger partial charge in [0.1, 0.15) is 5.76 Å². The van der Waals surface area contributed by atoms with Crippen LogP contribution in [0.4, 0.5) is 0 Å². The van der Waals surface area contributed by atoms with E-state index in [1.807, 2.05) is 25.1 Å². The predicted molar refractivity (Wildman–Crippen MR) is 120 cm³/mol. The van der Waals surface area contributed by atoms with Crippen molar-refractivity contribution in [3.63, 3.8) is 0 Å². The van der Waals surface area contributed by atoms with Crippen molar-refractivity contribution in [1.82, 2.24) is 9.80 Å². The first kappa shape index (κ1) is 23.1. The van der Waals surface area contributed by atoms with Crippen molar-refractivity contribution in [3.05, 3.63) is 59.2 Å². The van der Waals surface area contributed by atoms with E-state index in [0.717, 1.165) is 0 Å². The number of likely N-dealkylation sites (N-methyl/N-ethyl adjacent to an activating group) is 1. The fourth-order valence-corrected chi connectivity index (χ4v) is 3.78. The third-order valence-electron chi connectivity index (χ3n) is 5.38. The van der Waals surface area contributed by atoms with Crippen LogP contribution < -0.4 is 14.2 Å². The summed E-state index contributed by atoms with van der Waals surface area (Å²) in [6.45, 7) is 0.837. The van der Waals surface area contributed by atoms with Gasteiger partial charge in [0.2, 0.25) is 5.75 Å². The molecule has 3 rings (SSSR count). The molecule has 1 saturated heterocycles. The molecule has 0 aliphatic carbocycles. The second-order valence-electron chi connectivity index (χ2n) is 7.62. The summed E-state index contributed by atoms with van der Waals surface area (Å²) >= 11 is 0. The maximum absolute atomic E-state index is 13.1. The number of hydrogen-bond acceptors (Lipinski definition) is 7. The number of carbonyl (C=O) groups excluding carboxylic acids is 2. The van der Waals surface area contributed by atoms with Crippen molar-refractivity contribution in [2.75, 3.05) is 48.5 Å². The molecule has 1 unspecified atom stereocenters. The first-order chi connectivity index (χ1) is 15.3. The number of aliphatic hydroxyl groups excluding tert-OH is 1. The lowest BCUT2D eigenvalue weighted by Crippen LogP contribution is -2.35. The fourth-order valence-electron chi connectivity index (χ4n) is 3.78. The van der Waals surface area contributed by atoms with Gasteiger partial charge in [0.05, 0.1) is 32.9 Å². The number of ether oxygens (including phenoxy) is 3. The molecule has 8 heteroatoms. The Morgan fingerprint density at radius 1 is 1.00 bits per heavy atom. The molecule has 32 heavy (non-hydrogen) atoms. The lowest BCUT2D eigenvalue weighted by Gasteiger charge is -2.27. The van der Waals surface area contributed by atoms with Crippen molar-refractivity contribution in [1.29, 1.82) is 0 Å². The number of Topliss-reactive ketones (excluding diaryl/α,β-unsaturated/α-hetero) is 1. The highest BCUT2D eigenvalue weighted by atomic mass is 16.5. The van der Waals surface area contributed by atoms with Gasteiger partial charge in [0.15, 0.2) is 11.5 Å². The molecule has 1 heterocycles. The molecule has 1 aliphatic heterocycles. The maximum atomic E-state index is 13.1. The molecule has 1 N–H and O–H groups in total. The standard InChI is InChI=1S/C24H28N2O6/c1-25(2)11-12-26-20(16-13-17(30-3)23(32-5)18(14-16)31-4)19(22(28)24(26)29)21(27)15-9-7-6-8-10-15/h6-10,13-14,20,27H,11-12H2,1-5H3/b21-19-. The molecule has 8 nitrogen and oxygen atoms in total. The minimum absolute atomic E-state index is 0.0224. The first-order valence-electron chi connectivity index (χ1n) is 10.1. The smallest absolute Gasteiger partial charge is 0.295 e. The quantitative estimate of drug-likeness (QED) is 0.384. The Labute approximate surface area is 187 Å². The Balaban J connectivity index is 2.24. The fraction of sp³-hybridized carbons (Fsp3) is 0.333. The second kappa shape index (κ2) is 9.74. The van der Waals surface area contributed by atoms with Crippen LogP contribution in [0.2, 0.25) is 0 Å². The van der Waals surface area contributed by atoms with E-state index in [1.165, 1.54) is 26.2 Å². The topological polar surface area (TPSA) is 88.5 Å². The van der Waals surface area contributed by atoms with Crippen LogP contribution in [0, 0.1) is 0 Å². The summed E-state index contributed by atoms with van der Waals surface area (Å²) in [6, 6.07) is 11.3. The van der Waals surface area contributed by atoms with E-state index in [4.69, 9.17) is 14.2 Å². The number of methoxy groups -OCH3 is 3. The highest BCUT2D eigenvalue weighted by Gasteiger charge is 2.46. The van der Waals surface area contributed by atoms with Crippen LogP contribution in [0.15, 0.2) is 48.0 Å². The summed E-state index contributed by atoms with van der Waals surface area (Å²) < 4.78 is 16.3. The van der Waals surface area contributed by atoms with Gasteiger partial charge in [-0.2, -0.15) is 0 Å². The molecular weight excluding hydrogens is 412 g/mol. The molecule has 0 spiro atoms. The van der Waals surface area contributed by atoms with E-state index >= 15 is 0 Å². The van der Waals surface area contributed by atoms with Gasteiger partial charge in [0, 0.05) is 18.7 Å². The van der Waals surface area contributed by atoms with Crippen molar-refractivity contribution in [2.45, 2.75) is 6.04 Å². The van der Waals surface area contributed by atoms with Crippen LogP contribution in [0.5, 0.6) is 17.2 Å². The summed E-state index contributed by atoms with van der Waals surface area (Å²) in [4.78, 5) is 29.5. The maximum Gasteiger partial charge on any atom is 0.295 e. The number of ketones is 1. The lowest BCUT2D eigenvalue weighted by atomic mass is 9.94. The number of benzene rings is 2. The number of amides is 1. The Bertz CT molecular complexity index is 1010. The van der Waals surface area contributed by atoms with Crippen LogP contribution in [0.25, 0.3) is 5.76 Å². The normalized spacial score (nSPS) is 17.7. The van der Waals surface area contributed by atoms with Gasteiger partial charge >= 0.3 is 0 Å². The largest absolute Gasteiger partial charge is 0.507 e. The number of carbonyl (C=O) groups is 2. The Morgan fingerprint density at radius 3 is 2.09 bits per heavy atom. The van der Waals surface area contributed by atoms with Crippen LogP contribution in [0.3, 0.4) is 0 Å². The SMILES string of the molecule is COc1cc(C2/C(=C(/O)c3ccccc3)C(=O)C(=O)N2CCN(C)C)cc(OC)c1OC. The zero-order valence-electron chi connectivity index (χ0n) is 18.9. The lowest BCUT2D eigenvalue weighted by molar-refractivity contribution is -0.140. The zero-order valence-corrected chi connectivity index (χ0v) is 18.9. The molecule has 2 aromatic carbocycles. The summed E-state index contributed by atoms with van der Waals surface area (Å²) in [7, 11) is 8.25. The molecule has 1 fully saturated rings. The number of hydrogen-bond donors (Lipinski definition) is 1. The monoisotopic (exact) mass is 440 g/mol. The Morgan fingerprint density at radius 2 is 1.59 bits per heavy atom. The molecule has 1 amide bonds. The van der Waals surface area contributed by atoms with Gasteiger partial charge in [-0.3, -0.25) is 9.59 Å². The summed E-state index contributed by atoms with van der Waals surface area (Å²) in [5.41, 5.74) is 1.04. The predicted octanol–water partition coefficient (Wildman–Crippen LogP) is 2.70. The van der Waals surface area contributed by atoms with Gasteiger partial charge in [0.25, 0.3) is 11.7 Å². The van der Waals surface area contributed by atoms with Gasteiger partial charge < -0.3 is 29.1 Å². The molecule has 0 bridgehead atoms. The summed E-state index contributed by atoms with van der Waals surface area (Å²) in [6.07, 6.45) is 0. The van der Waals surface area contributed by atoms with Crippen LogP contribution in [-0.2, 0) is 9.59 Å². The van der Waals surface area contributed by atoms with Crippen molar-refractivity contribution in [3.8, 4) is 17.2 Å². The number of likely N-dealkylation sites (tertiary alicyclic amines) is 1. The van der Waals surface area contributed by atoms with Crippen molar-refractivity contribution >= 4 is 17.4 Å². The van der Waals surface area contributed by atoms with Crippen LogP contribution in [0.1, 0.15) is 17.2 Å². The summed E-state index contributed by atoms with van der Waals surface area (Å²) in [5.74, 6) is -0.450. The van der Waals surface area contributed by atoms with E-state index < -0.39 is 17.7 Å². The molecule has 1 atom stereocenters. The van der Waals surface area contributed by atoms with E-state index in [0.29, 0.717) is 41.5 Å². The van der Waals surface area contributed by atoms with Gasteiger partial charge in [-0.15, -0.1) is 0 Å². The number of rotatable bonds is 8. The number of nitrogens with zero attached hydrogens (tertiary/aromatic N) is 2. The van der Waals surface area contributed by atoms with Gasteiger partial charge in [-0.25, -0.2) is 0 Å². The minimum atomic E-state index is -0.816. The highest BCUT2D eigenvalue weighted by molar-refractivity contribution is 6.46. The van der Waals surface area contributed by atoms with E-state index in [1.54, 1.807) is 36.4 Å². The Hall–Kier alpha value is -3.52. The minimum Gasteiger partial charge on any atom is -0.507 e. The molecule has 0 saturated carbocycles. The molecule has 0 radical (unpaired) electrons. The van der Waals surface area contributed by atoms with Crippen LogP contribution >= 0.6 is 0 Å². The third-order valence-corrected chi connectivity index (χ3v) is 5.38.